The number of nitrogens with zero attached hydrogens (tertiary/aromatic N) is 1. The van der Waals surface area contributed by atoms with E-state index in [1.54, 1.807) is 18.2 Å². The summed E-state index contributed by atoms with van der Waals surface area (Å²) < 4.78 is 14.3. The lowest BCUT2D eigenvalue weighted by Gasteiger charge is -2.23. The molecular formula is C12H13BrFN. The molecule has 0 radical (unpaired) electrons. The third-order valence-electron chi connectivity index (χ3n) is 1.91. The summed E-state index contributed by atoms with van der Waals surface area (Å²) in [6.45, 7) is 8.56. The highest BCUT2D eigenvalue weighted by molar-refractivity contribution is 9.11. The van der Waals surface area contributed by atoms with E-state index in [-0.39, 0.29) is 5.82 Å². The van der Waals surface area contributed by atoms with Crippen LogP contribution in [-0.4, -0.2) is 13.1 Å². The average molecular weight is 270 g/mol. The van der Waals surface area contributed by atoms with Gasteiger partial charge in [0.05, 0.1) is 5.69 Å². The summed E-state index contributed by atoms with van der Waals surface area (Å²) in [5.74, 6) is -0.229. The Kier molecular flexibility index (Phi) is 4.56. The molecule has 0 amide bonds. The summed E-state index contributed by atoms with van der Waals surface area (Å²) in [4.78, 5) is 1.86. The number of rotatable bonds is 5. The first-order valence-corrected chi connectivity index (χ1v) is 5.38. The van der Waals surface area contributed by atoms with E-state index in [1.807, 2.05) is 11.0 Å². The van der Waals surface area contributed by atoms with Crippen molar-refractivity contribution in [2.24, 2.45) is 0 Å². The fourth-order valence-corrected chi connectivity index (χ4v) is 1.62. The number of benzene rings is 1. The van der Waals surface area contributed by atoms with Gasteiger partial charge in [-0.2, -0.15) is 0 Å². The second-order valence-corrected chi connectivity index (χ2v) is 4.26. The van der Waals surface area contributed by atoms with E-state index in [0.29, 0.717) is 18.8 Å². The lowest BCUT2D eigenvalue weighted by atomic mass is 10.2. The van der Waals surface area contributed by atoms with Gasteiger partial charge in [0.2, 0.25) is 0 Å². The first kappa shape index (κ1) is 12.0. The van der Waals surface area contributed by atoms with Crippen LogP contribution in [0.25, 0.3) is 0 Å². The molecule has 0 bridgehead atoms. The molecule has 0 saturated heterocycles. The molecule has 80 valence electrons. The number of para-hydroxylation sites is 1. The summed E-state index contributed by atoms with van der Waals surface area (Å²) in [5, 5.41) is 0. The lowest BCUT2D eigenvalue weighted by molar-refractivity contribution is 0.623. The molecular weight excluding hydrogens is 257 g/mol. The molecule has 0 saturated carbocycles. The van der Waals surface area contributed by atoms with Crippen molar-refractivity contribution in [3.63, 3.8) is 0 Å². The molecule has 0 fully saturated rings. The molecule has 1 aromatic rings. The van der Waals surface area contributed by atoms with Gasteiger partial charge in [-0.25, -0.2) is 4.39 Å². The van der Waals surface area contributed by atoms with Crippen LogP contribution in [0, 0.1) is 5.82 Å². The minimum Gasteiger partial charge on any atom is -0.361 e. The monoisotopic (exact) mass is 269 g/mol. The van der Waals surface area contributed by atoms with Crippen LogP contribution in [0.1, 0.15) is 0 Å². The minimum absolute atomic E-state index is 0.229. The van der Waals surface area contributed by atoms with Gasteiger partial charge in [0.25, 0.3) is 0 Å². The van der Waals surface area contributed by atoms with Gasteiger partial charge in [-0.15, -0.1) is 6.58 Å². The Hall–Kier alpha value is -1.09. The molecule has 1 aromatic carbocycles. The zero-order chi connectivity index (χ0) is 11.3. The first-order chi connectivity index (χ1) is 7.15. The van der Waals surface area contributed by atoms with E-state index < -0.39 is 0 Å². The molecule has 0 N–H and O–H groups in total. The Morgan fingerprint density at radius 1 is 1.47 bits per heavy atom. The van der Waals surface area contributed by atoms with Gasteiger partial charge in [-0.1, -0.05) is 40.7 Å². The number of halogens is 2. The zero-order valence-corrected chi connectivity index (χ0v) is 10.0. The normalized spacial score (nSPS) is 9.73. The molecule has 3 heteroatoms. The Balaban J connectivity index is 2.92. The summed E-state index contributed by atoms with van der Waals surface area (Å²) >= 11 is 3.27. The lowest BCUT2D eigenvalue weighted by Crippen LogP contribution is -2.25. The minimum atomic E-state index is -0.229. The van der Waals surface area contributed by atoms with Crippen LogP contribution < -0.4 is 4.90 Å². The topological polar surface area (TPSA) is 3.24 Å². The van der Waals surface area contributed by atoms with Gasteiger partial charge < -0.3 is 4.90 Å². The van der Waals surface area contributed by atoms with Crippen molar-refractivity contribution in [1.29, 1.82) is 0 Å². The summed E-state index contributed by atoms with van der Waals surface area (Å²) in [7, 11) is 0. The number of anilines is 1. The van der Waals surface area contributed by atoms with E-state index in [9.17, 15) is 4.39 Å². The molecule has 0 atom stereocenters. The van der Waals surface area contributed by atoms with Crippen molar-refractivity contribution in [1.82, 2.24) is 0 Å². The van der Waals surface area contributed by atoms with E-state index in [2.05, 4.69) is 29.1 Å². The SMILES string of the molecule is C=CCN(CC(=C)Br)c1ccccc1F. The molecule has 15 heavy (non-hydrogen) atoms. The number of hydrogen-bond acceptors (Lipinski definition) is 1. The fraction of sp³-hybridized carbons (Fsp3) is 0.167. The van der Waals surface area contributed by atoms with Crippen LogP contribution in [0.4, 0.5) is 10.1 Å². The summed E-state index contributed by atoms with van der Waals surface area (Å²) in [5.41, 5.74) is 0.568. The van der Waals surface area contributed by atoms with Crippen molar-refractivity contribution >= 4 is 21.6 Å². The van der Waals surface area contributed by atoms with Gasteiger partial charge in [-0.05, 0) is 12.1 Å². The molecule has 0 aliphatic carbocycles. The fourth-order valence-electron chi connectivity index (χ4n) is 1.32. The van der Waals surface area contributed by atoms with Crippen molar-refractivity contribution < 1.29 is 4.39 Å². The smallest absolute Gasteiger partial charge is 0.146 e. The second kappa shape index (κ2) is 5.71. The van der Waals surface area contributed by atoms with Crippen LogP contribution in [0.15, 0.2) is 48.0 Å². The van der Waals surface area contributed by atoms with Crippen LogP contribution in [0.2, 0.25) is 0 Å². The maximum atomic E-state index is 13.5. The van der Waals surface area contributed by atoms with Crippen molar-refractivity contribution in [2.75, 3.05) is 18.0 Å². The molecule has 1 nitrogen and oxygen atoms in total. The van der Waals surface area contributed by atoms with Crippen molar-refractivity contribution in [2.45, 2.75) is 0 Å². The van der Waals surface area contributed by atoms with Gasteiger partial charge in [-0.3, -0.25) is 0 Å². The summed E-state index contributed by atoms with van der Waals surface area (Å²) in [6.07, 6.45) is 1.74. The Bertz CT molecular complexity index is 362. The molecule has 0 spiro atoms. The van der Waals surface area contributed by atoms with E-state index in [4.69, 9.17) is 0 Å². The molecule has 0 aliphatic rings. The van der Waals surface area contributed by atoms with Gasteiger partial charge in [0.15, 0.2) is 0 Å². The predicted octanol–water partition coefficient (Wildman–Crippen LogP) is 3.73. The van der Waals surface area contributed by atoms with Gasteiger partial charge in [0, 0.05) is 17.6 Å². The molecule has 0 aromatic heterocycles. The highest BCUT2D eigenvalue weighted by Gasteiger charge is 2.09. The second-order valence-electron chi connectivity index (χ2n) is 3.14. The largest absolute Gasteiger partial charge is 0.361 e. The Morgan fingerprint density at radius 2 is 2.13 bits per heavy atom. The Labute approximate surface area is 98.0 Å². The number of hydrogen-bond donors (Lipinski definition) is 0. The van der Waals surface area contributed by atoms with Gasteiger partial charge >= 0.3 is 0 Å². The predicted molar refractivity (Wildman–Crippen MR) is 66.9 cm³/mol. The van der Waals surface area contributed by atoms with Gasteiger partial charge in [0.1, 0.15) is 5.82 Å². The maximum absolute atomic E-state index is 13.5. The van der Waals surface area contributed by atoms with Crippen LogP contribution >= 0.6 is 15.9 Å². The molecule has 0 unspecified atom stereocenters. The van der Waals surface area contributed by atoms with E-state index in [1.165, 1.54) is 6.07 Å². The Morgan fingerprint density at radius 3 is 2.67 bits per heavy atom. The van der Waals surface area contributed by atoms with Crippen molar-refractivity contribution in [3.8, 4) is 0 Å². The van der Waals surface area contributed by atoms with Crippen molar-refractivity contribution in [3.05, 3.63) is 53.8 Å². The maximum Gasteiger partial charge on any atom is 0.146 e. The average Bonchev–Trinajstić information content (AvgIpc) is 2.17. The molecule has 1 rings (SSSR count). The third-order valence-corrected chi connectivity index (χ3v) is 2.16. The summed E-state index contributed by atoms with van der Waals surface area (Å²) in [6, 6.07) is 6.68. The quantitative estimate of drug-likeness (QED) is 0.737. The van der Waals surface area contributed by atoms with Crippen LogP contribution in [0.5, 0.6) is 0 Å². The molecule has 0 aliphatic heterocycles. The highest BCUT2D eigenvalue weighted by atomic mass is 79.9. The first-order valence-electron chi connectivity index (χ1n) is 4.58. The van der Waals surface area contributed by atoms with E-state index in [0.717, 1.165) is 4.48 Å². The van der Waals surface area contributed by atoms with E-state index >= 15 is 0 Å². The molecule has 0 heterocycles. The highest BCUT2D eigenvalue weighted by Crippen LogP contribution is 2.20. The van der Waals surface area contributed by atoms with Crippen LogP contribution in [0.3, 0.4) is 0 Å². The van der Waals surface area contributed by atoms with Crippen LogP contribution in [-0.2, 0) is 0 Å². The zero-order valence-electron chi connectivity index (χ0n) is 8.42. The standard InChI is InChI=1S/C12H13BrFN/c1-3-8-15(9-10(2)13)12-7-5-4-6-11(12)14/h3-7H,1-2,8-9H2. The third kappa shape index (κ3) is 3.51.